The van der Waals surface area contributed by atoms with Gasteiger partial charge in [0, 0.05) is 6.54 Å². The molecule has 0 aliphatic rings. The van der Waals surface area contributed by atoms with Crippen molar-refractivity contribution in [1.29, 1.82) is 0 Å². The Kier molecular flexibility index (Phi) is 4.36. The Bertz CT molecular complexity index is 700. The van der Waals surface area contributed by atoms with E-state index in [4.69, 9.17) is 5.73 Å². The van der Waals surface area contributed by atoms with Crippen LogP contribution in [0.3, 0.4) is 0 Å². The minimum atomic E-state index is -4.05. The van der Waals surface area contributed by atoms with Crippen LogP contribution in [0.25, 0.3) is 0 Å². The Morgan fingerprint density at radius 2 is 2.00 bits per heavy atom. The summed E-state index contributed by atoms with van der Waals surface area (Å²) in [6, 6.07) is 3.55. The third-order valence-electron chi connectivity index (χ3n) is 2.67. The molecular formula is C12H12F2N2O2S2. The van der Waals surface area contributed by atoms with Gasteiger partial charge in [0.25, 0.3) is 0 Å². The average Bonchev–Trinajstić information content (AvgIpc) is 2.88. The molecule has 1 aromatic heterocycles. The molecule has 108 valence electrons. The van der Waals surface area contributed by atoms with E-state index in [1.807, 2.05) is 16.8 Å². The van der Waals surface area contributed by atoms with Gasteiger partial charge in [0.15, 0.2) is 5.82 Å². The maximum absolute atomic E-state index is 13.7. The second-order valence-corrected chi connectivity index (χ2v) is 6.57. The smallest absolute Gasteiger partial charge is 0.243 e. The molecule has 0 atom stereocenters. The van der Waals surface area contributed by atoms with E-state index in [0.717, 1.165) is 17.7 Å². The first-order valence-corrected chi connectivity index (χ1v) is 8.08. The molecule has 0 aliphatic carbocycles. The van der Waals surface area contributed by atoms with E-state index in [2.05, 4.69) is 4.72 Å². The molecule has 0 saturated heterocycles. The molecule has 1 heterocycles. The minimum Gasteiger partial charge on any atom is -0.394 e. The van der Waals surface area contributed by atoms with Crippen molar-refractivity contribution in [2.24, 2.45) is 0 Å². The summed E-state index contributed by atoms with van der Waals surface area (Å²) in [5, 5.41) is 3.77. The van der Waals surface area contributed by atoms with Gasteiger partial charge in [0.05, 0.1) is 0 Å². The van der Waals surface area contributed by atoms with Crippen LogP contribution in [0.15, 0.2) is 33.9 Å². The second-order valence-electron chi connectivity index (χ2n) is 4.05. The Morgan fingerprint density at radius 1 is 1.25 bits per heavy atom. The van der Waals surface area contributed by atoms with Gasteiger partial charge in [-0.1, -0.05) is 0 Å². The van der Waals surface area contributed by atoms with E-state index in [-0.39, 0.29) is 6.54 Å². The second kappa shape index (κ2) is 5.86. The number of nitrogens with two attached hydrogens (primary N) is 1. The molecule has 1 aromatic carbocycles. The summed E-state index contributed by atoms with van der Waals surface area (Å²) >= 11 is 1.50. The van der Waals surface area contributed by atoms with E-state index in [1.165, 1.54) is 11.3 Å². The minimum absolute atomic E-state index is 0.121. The summed E-state index contributed by atoms with van der Waals surface area (Å²) in [7, 11) is -4.05. The first-order valence-electron chi connectivity index (χ1n) is 5.66. The number of rotatable bonds is 5. The number of hydrogen-bond acceptors (Lipinski definition) is 4. The zero-order valence-corrected chi connectivity index (χ0v) is 11.9. The fourth-order valence-electron chi connectivity index (χ4n) is 1.60. The van der Waals surface area contributed by atoms with Crippen molar-refractivity contribution in [2.45, 2.75) is 11.3 Å². The molecule has 0 aliphatic heterocycles. The lowest BCUT2D eigenvalue weighted by molar-refractivity contribution is 0.548. The van der Waals surface area contributed by atoms with Gasteiger partial charge in [0.1, 0.15) is 16.4 Å². The zero-order valence-electron chi connectivity index (χ0n) is 10.3. The van der Waals surface area contributed by atoms with Crippen molar-refractivity contribution in [3.8, 4) is 0 Å². The summed E-state index contributed by atoms with van der Waals surface area (Å²) in [6.07, 6.45) is 0.487. The quantitative estimate of drug-likeness (QED) is 0.830. The maximum Gasteiger partial charge on any atom is 0.243 e. The average molecular weight is 318 g/mol. The molecule has 0 amide bonds. The van der Waals surface area contributed by atoms with Gasteiger partial charge in [-0.15, -0.1) is 0 Å². The van der Waals surface area contributed by atoms with Crippen molar-refractivity contribution in [3.05, 3.63) is 46.2 Å². The van der Waals surface area contributed by atoms with Gasteiger partial charge in [-0.3, -0.25) is 0 Å². The predicted molar refractivity (Wildman–Crippen MR) is 74.0 cm³/mol. The van der Waals surface area contributed by atoms with E-state index >= 15 is 0 Å². The molecule has 0 unspecified atom stereocenters. The Morgan fingerprint density at radius 3 is 2.65 bits per heavy atom. The number of nitrogens with one attached hydrogen (secondary N) is 1. The van der Waals surface area contributed by atoms with Crippen LogP contribution in [0.4, 0.5) is 14.5 Å². The van der Waals surface area contributed by atoms with E-state index in [1.54, 1.807) is 0 Å². The highest BCUT2D eigenvalue weighted by molar-refractivity contribution is 7.89. The molecule has 20 heavy (non-hydrogen) atoms. The summed E-state index contributed by atoms with van der Waals surface area (Å²) in [5.41, 5.74) is 5.33. The molecule has 0 saturated carbocycles. The van der Waals surface area contributed by atoms with Gasteiger partial charge in [-0.05, 0) is 40.9 Å². The Hall–Kier alpha value is -1.51. The van der Waals surface area contributed by atoms with Crippen LogP contribution < -0.4 is 10.5 Å². The molecule has 0 fully saturated rings. The van der Waals surface area contributed by atoms with E-state index < -0.39 is 32.2 Å². The molecule has 0 bridgehead atoms. The van der Waals surface area contributed by atoms with Crippen LogP contribution in [0, 0.1) is 11.6 Å². The van der Waals surface area contributed by atoms with Crippen molar-refractivity contribution in [3.63, 3.8) is 0 Å². The van der Waals surface area contributed by atoms with Crippen molar-refractivity contribution < 1.29 is 17.2 Å². The standard InChI is InChI=1S/C12H12F2N2O2S2/c13-9-1-2-10(11(14)12(9)15)20(17,18)16-5-3-8-4-6-19-7-8/h1-2,4,6-7,16H,3,5,15H2. The molecule has 4 nitrogen and oxygen atoms in total. The number of nitrogen functional groups attached to an aromatic ring is 1. The topological polar surface area (TPSA) is 72.2 Å². The van der Waals surface area contributed by atoms with Crippen LogP contribution in [0.2, 0.25) is 0 Å². The third-order valence-corrected chi connectivity index (χ3v) is 4.88. The number of anilines is 1. The predicted octanol–water partition coefficient (Wildman–Crippen LogP) is 2.13. The van der Waals surface area contributed by atoms with Gasteiger partial charge < -0.3 is 5.73 Å². The maximum atomic E-state index is 13.7. The van der Waals surface area contributed by atoms with Crippen LogP contribution in [-0.4, -0.2) is 15.0 Å². The highest BCUT2D eigenvalue weighted by Crippen LogP contribution is 2.22. The summed E-state index contributed by atoms with van der Waals surface area (Å²) in [5.74, 6) is -2.26. The monoisotopic (exact) mass is 318 g/mol. The fraction of sp³-hybridized carbons (Fsp3) is 0.167. The number of hydrogen-bond donors (Lipinski definition) is 2. The lowest BCUT2D eigenvalue weighted by atomic mass is 10.2. The lowest BCUT2D eigenvalue weighted by Gasteiger charge is -2.09. The van der Waals surface area contributed by atoms with Crippen LogP contribution >= 0.6 is 11.3 Å². The van der Waals surface area contributed by atoms with Crippen LogP contribution in [0.1, 0.15) is 5.56 Å². The molecule has 0 radical (unpaired) electrons. The van der Waals surface area contributed by atoms with E-state index in [0.29, 0.717) is 6.42 Å². The molecular weight excluding hydrogens is 306 g/mol. The van der Waals surface area contributed by atoms with Gasteiger partial charge >= 0.3 is 0 Å². The fourth-order valence-corrected chi connectivity index (χ4v) is 3.42. The Labute approximate surface area is 119 Å². The van der Waals surface area contributed by atoms with Crippen LogP contribution in [0.5, 0.6) is 0 Å². The van der Waals surface area contributed by atoms with Gasteiger partial charge in [0.2, 0.25) is 10.0 Å². The van der Waals surface area contributed by atoms with Gasteiger partial charge in [-0.2, -0.15) is 11.3 Å². The molecule has 0 spiro atoms. The molecule has 2 rings (SSSR count). The highest BCUT2D eigenvalue weighted by Gasteiger charge is 2.22. The number of benzene rings is 1. The number of halogens is 2. The molecule has 8 heteroatoms. The largest absolute Gasteiger partial charge is 0.394 e. The zero-order chi connectivity index (χ0) is 14.8. The Balaban J connectivity index is 2.12. The molecule has 2 aromatic rings. The summed E-state index contributed by atoms with van der Waals surface area (Å²) in [6.45, 7) is 0.121. The van der Waals surface area contributed by atoms with Crippen molar-refractivity contribution in [1.82, 2.24) is 4.72 Å². The number of sulfonamides is 1. The third kappa shape index (κ3) is 3.14. The van der Waals surface area contributed by atoms with E-state index in [9.17, 15) is 17.2 Å². The first-order chi connectivity index (χ1) is 9.42. The lowest BCUT2D eigenvalue weighted by Crippen LogP contribution is -2.27. The van der Waals surface area contributed by atoms with Crippen LogP contribution in [-0.2, 0) is 16.4 Å². The first kappa shape index (κ1) is 14.9. The number of thiophene rings is 1. The van der Waals surface area contributed by atoms with Crippen molar-refractivity contribution in [2.75, 3.05) is 12.3 Å². The summed E-state index contributed by atoms with van der Waals surface area (Å²) < 4.78 is 52.8. The summed E-state index contributed by atoms with van der Waals surface area (Å²) in [4.78, 5) is -0.651. The highest BCUT2D eigenvalue weighted by atomic mass is 32.2. The molecule has 3 N–H and O–H groups in total. The van der Waals surface area contributed by atoms with Gasteiger partial charge in [-0.25, -0.2) is 21.9 Å². The van der Waals surface area contributed by atoms with Crippen molar-refractivity contribution >= 4 is 27.0 Å². The SMILES string of the molecule is Nc1c(F)ccc(S(=O)(=O)NCCc2ccsc2)c1F. The normalized spacial score (nSPS) is 11.7.